The Morgan fingerprint density at radius 1 is 1.05 bits per heavy atom. The van der Waals surface area contributed by atoms with Gasteiger partial charge in [-0.3, -0.25) is 14.9 Å². The zero-order chi connectivity index (χ0) is 15.2. The van der Waals surface area contributed by atoms with E-state index in [1.165, 1.54) is 0 Å². The zero-order valence-electron chi connectivity index (χ0n) is 12.3. The molecule has 22 heavy (non-hydrogen) atoms. The van der Waals surface area contributed by atoms with E-state index in [9.17, 15) is 0 Å². The number of nitrogens with zero attached hydrogens (tertiary/aromatic N) is 3. The lowest BCUT2D eigenvalue weighted by molar-refractivity contribution is 0.263. The Labute approximate surface area is 129 Å². The summed E-state index contributed by atoms with van der Waals surface area (Å²) in [5.74, 6) is 2.10. The lowest BCUT2D eigenvalue weighted by Gasteiger charge is -2.13. The molecule has 0 aliphatic heterocycles. The fourth-order valence-corrected chi connectivity index (χ4v) is 2.11. The highest BCUT2D eigenvalue weighted by molar-refractivity contribution is 5.26. The molecule has 5 heteroatoms. The van der Waals surface area contributed by atoms with Crippen LogP contribution in [0.2, 0.25) is 0 Å². The van der Waals surface area contributed by atoms with Crippen LogP contribution in [-0.4, -0.2) is 21.9 Å². The van der Waals surface area contributed by atoms with Gasteiger partial charge in [-0.25, -0.2) is 0 Å². The Balaban J connectivity index is 1.57. The van der Waals surface area contributed by atoms with Crippen molar-refractivity contribution in [3.8, 4) is 11.7 Å². The van der Waals surface area contributed by atoms with E-state index in [1.54, 1.807) is 18.6 Å². The number of furan rings is 1. The Kier molecular flexibility index (Phi) is 4.46. The molecule has 0 saturated heterocycles. The fraction of sp³-hybridized carbons (Fsp3) is 0.176. The summed E-state index contributed by atoms with van der Waals surface area (Å²) in [5.41, 5.74) is 0.928. The second-order valence-corrected chi connectivity index (χ2v) is 5.00. The van der Waals surface area contributed by atoms with Crippen LogP contribution >= 0.6 is 0 Å². The summed E-state index contributed by atoms with van der Waals surface area (Å²) >= 11 is 0. The third-order valence-electron chi connectivity index (χ3n) is 3.07. The van der Waals surface area contributed by atoms with Crippen molar-refractivity contribution < 1.29 is 9.15 Å². The van der Waals surface area contributed by atoms with Crippen LogP contribution in [0, 0.1) is 0 Å². The molecule has 1 aromatic carbocycles. The molecule has 0 radical (unpaired) electrons. The standard InChI is InChI=1S/C17H17N3O2/c1-20(12-14-11-18-9-10-19-14)13-16-7-8-17(22-16)21-15-5-3-2-4-6-15/h2-11H,12-13H2,1H3. The van der Waals surface area contributed by atoms with Gasteiger partial charge < -0.3 is 9.15 Å². The number of hydrogen-bond donors (Lipinski definition) is 0. The summed E-state index contributed by atoms with van der Waals surface area (Å²) < 4.78 is 11.3. The first-order chi connectivity index (χ1) is 10.8. The first-order valence-corrected chi connectivity index (χ1v) is 7.04. The van der Waals surface area contributed by atoms with E-state index in [0.717, 1.165) is 17.2 Å². The smallest absolute Gasteiger partial charge is 0.290 e. The van der Waals surface area contributed by atoms with E-state index in [-0.39, 0.29) is 0 Å². The first-order valence-electron chi connectivity index (χ1n) is 7.04. The molecule has 2 heterocycles. The van der Waals surface area contributed by atoms with Crippen LogP contribution in [0.15, 0.2) is 65.5 Å². The van der Waals surface area contributed by atoms with Crippen LogP contribution in [-0.2, 0) is 13.1 Å². The lowest BCUT2D eigenvalue weighted by atomic mass is 10.3. The van der Waals surface area contributed by atoms with E-state index in [0.29, 0.717) is 19.0 Å². The molecule has 112 valence electrons. The number of aromatic nitrogens is 2. The van der Waals surface area contributed by atoms with E-state index < -0.39 is 0 Å². The summed E-state index contributed by atoms with van der Waals surface area (Å²) in [4.78, 5) is 10.4. The van der Waals surface area contributed by atoms with Gasteiger partial charge in [0, 0.05) is 31.2 Å². The molecule has 0 unspecified atom stereocenters. The van der Waals surface area contributed by atoms with Crippen molar-refractivity contribution in [1.82, 2.24) is 14.9 Å². The van der Waals surface area contributed by atoms with Crippen molar-refractivity contribution >= 4 is 0 Å². The van der Waals surface area contributed by atoms with E-state index in [1.807, 2.05) is 49.5 Å². The van der Waals surface area contributed by atoms with Crippen LogP contribution in [0.4, 0.5) is 0 Å². The Morgan fingerprint density at radius 2 is 1.91 bits per heavy atom. The molecule has 2 aromatic heterocycles. The molecular weight excluding hydrogens is 278 g/mol. The highest BCUT2D eigenvalue weighted by Gasteiger charge is 2.08. The van der Waals surface area contributed by atoms with Crippen LogP contribution in [0.3, 0.4) is 0 Å². The lowest BCUT2D eigenvalue weighted by Crippen LogP contribution is -2.17. The molecule has 5 nitrogen and oxygen atoms in total. The van der Waals surface area contributed by atoms with Crippen molar-refractivity contribution in [3.63, 3.8) is 0 Å². The van der Waals surface area contributed by atoms with Crippen molar-refractivity contribution in [2.24, 2.45) is 0 Å². The maximum Gasteiger partial charge on any atom is 0.290 e. The SMILES string of the molecule is CN(Cc1cnccn1)Cc1ccc(Oc2ccccc2)o1. The molecule has 0 amide bonds. The summed E-state index contributed by atoms with van der Waals surface area (Å²) in [6, 6.07) is 13.3. The average Bonchev–Trinajstić information content (AvgIpc) is 2.96. The summed E-state index contributed by atoms with van der Waals surface area (Å²) in [5, 5.41) is 0. The first kappa shape index (κ1) is 14.3. The molecule has 0 bridgehead atoms. The van der Waals surface area contributed by atoms with E-state index in [4.69, 9.17) is 9.15 Å². The zero-order valence-corrected chi connectivity index (χ0v) is 12.3. The van der Waals surface area contributed by atoms with Gasteiger partial charge >= 0.3 is 0 Å². The molecule has 0 N–H and O–H groups in total. The van der Waals surface area contributed by atoms with Gasteiger partial charge in [-0.2, -0.15) is 0 Å². The second kappa shape index (κ2) is 6.87. The van der Waals surface area contributed by atoms with Gasteiger partial charge in [0.25, 0.3) is 5.95 Å². The van der Waals surface area contributed by atoms with Gasteiger partial charge in [0.2, 0.25) is 0 Å². The Bertz CT molecular complexity index is 698. The number of ether oxygens (including phenoxy) is 1. The topological polar surface area (TPSA) is 51.4 Å². The van der Waals surface area contributed by atoms with Crippen LogP contribution in [0.25, 0.3) is 0 Å². The number of benzene rings is 1. The summed E-state index contributed by atoms with van der Waals surface area (Å²) in [6.07, 6.45) is 5.13. The molecule has 0 atom stereocenters. The molecule has 3 aromatic rings. The van der Waals surface area contributed by atoms with Gasteiger partial charge in [-0.15, -0.1) is 0 Å². The van der Waals surface area contributed by atoms with Gasteiger partial charge in [-0.1, -0.05) is 18.2 Å². The van der Waals surface area contributed by atoms with Gasteiger partial charge in [0.1, 0.15) is 11.5 Å². The Hall–Kier alpha value is -2.66. The summed E-state index contributed by atoms with van der Waals surface area (Å²) in [6.45, 7) is 1.39. The van der Waals surface area contributed by atoms with E-state index >= 15 is 0 Å². The number of para-hydroxylation sites is 1. The third-order valence-corrected chi connectivity index (χ3v) is 3.07. The molecule has 0 saturated carbocycles. The van der Waals surface area contributed by atoms with Crippen molar-refractivity contribution in [1.29, 1.82) is 0 Å². The molecule has 0 fully saturated rings. The average molecular weight is 295 g/mol. The van der Waals surface area contributed by atoms with Crippen molar-refractivity contribution in [2.45, 2.75) is 13.1 Å². The maximum absolute atomic E-state index is 5.70. The van der Waals surface area contributed by atoms with Gasteiger partial charge in [0.05, 0.1) is 12.2 Å². The quantitative estimate of drug-likeness (QED) is 0.696. The monoisotopic (exact) mass is 295 g/mol. The van der Waals surface area contributed by atoms with Crippen molar-refractivity contribution in [3.05, 3.63) is 72.5 Å². The maximum atomic E-state index is 5.70. The van der Waals surface area contributed by atoms with Gasteiger partial charge in [0.15, 0.2) is 0 Å². The van der Waals surface area contributed by atoms with Crippen molar-refractivity contribution in [2.75, 3.05) is 7.05 Å². The molecule has 0 aliphatic rings. The van der Waals surface area contributed by atoms with Crippen LogP contribution < -0.4 is 4.74 Å². The molecular formula is C17H17N3O2. The predicted octanol–water partition coefficient (Wildman–Crippen LogP) is 3.49. The fourth-order valence-electron chi connectivity index (χ4n) is 2.11. The normalized spacial score (nSPS) is 10.8. The highest BCUT2D eigenvalue weighted by atomic mass is 16.6. The summed E-state index contributed by atoms with van der Waals surface area (Å²) in [7, 11) is 2.01. The minimum atomic E-state index is 0.495. The largest absolute Gasteiger partial charge is 0.429 e. The minimum absolute atomic E-state index is 0.495. The third kappa shape index (κ3) is 3.93. The predicted molar refractivity (Wildman–Crippen MR) is 82.4 cm³/mol. The van der Waals surface area contributed by atoms with Crippen LogP contribution in [0.1, 0.15) is 11.5 Å². The second-order valence-electron chi connectivity index (χ2n) is 5.00. The molecule has 0 spiro atoms. The van der Waals surface area contributed by atoms with E-state index in [2.05, 4.69) is 14.9 Å². The number of hydrogen-bond acceptors (Lipinski definition) is 5. The highest BCUT2D eigenvalue weighted by Crippen LogP contribution is 2.24. The van der Waals surface area contributed by atoms with Crippen LogP contribution in [0.5, 0.6) is 11.7 Å². The molecule has 3 rings (SSSR count). The Morgan fingerprint density at radius 3 is 2.68 bits per heavy atom. The van der Waals surface area contributed by atoms with Gasteiger partial charge in [-0.05, 0) is 25.2 Å². The molecule has 0 aliphatic carbocycles. The number of rotatable bonds is 6. The minimum Gasteiger partial charge on any atom is -0.429 e.